The first kappa shape index (κ1) is 24.4. The normalized spacial score (nSPS) is 14.6. The van der Waals surface area contributed by atoms with E-state index in [9.17, 15) is 19.1 Å². The molecule has 182 valence electrons. The molecule has 2 N–H and O–H groups in total. The summed E-state index contributed by atoms with van der Waals surface area (Å²) >= 11 is 0. The van der Waals surface area contributed by atoms with Gasteiger partial charge >= 0.3 is 5.97 Å². The molecule has 4 rings (SSSR count). The zero-order valence-corrected chi connectivity index (χ0v) is 19.9. The third kappa shape index (κ3) is 5.20. The predicted molar refractivity (Wildman–Crippen MR) is 130 cm³/mol. The van der Waals surface area contributed by atoms with E-state index >= 15 is 0 Å². The van der Waals surface area contributed by atoms with Crippen LogP contribution in [-0.2, 0) is 28.0 Å². The summed E-state index contributed by atoms with van der Waals surface area (Å²) in [5, 5.41) is 14.7. The van der Waals surface area contributed by atoms with Crippen LogP contribution in [0.4, 0.5) is 10.1 Å². The summed E-state index contributed by atoms with van der Waals surface area (Å²) in [6.07, 6.45) is -0.107. The second-order valence-corrected chi connectivity index (χ2v) is 9.49. The maximum absolute atomic E-state index is 14.1. The molecule has 0 spiro atoms. The van der Waals surface area contributed by atoms with Crippen LogP contribution in [0.2, 0.25) is 0 Å². The average molecular weight is 478 g/mol. The number of aliphatic hydroxyl groups is 1. The smallest absolute Gasteiger partial charge is 0.338 e. The van der Waals surface area contributed by atoms with Crippen LogP contribution in [0, 0.1) is 5.82 Å². The van der Waals surface area contributed by atoms with Crippen molar-refractivity contribution in [2.24, 2.45) is 0 Å². The van der Waals surface area contributed by atoms with Crippen molar-refractivity contribution in [3.63, 3.8) is 0 Å². The summed E-state index contributed by atoms with van der Waals surface area (Å²) in [7, 11) is 1.46. The summed E-state index contributed by atoms with van der Waals surface area (Å²) < 4.78 is 24.5. The van der Waals surface area contributed by atoms with Gasteiger partial charge in [-0.05, 0) is 53.8 Å². The van der Waals surface area contributed by atoms with E-state index in [1.54, 1.807) is 18.2 Å². The lowest BCUT2D eigenvalue weighted by atomic mass is 9.73. The molecule has 0 saturated heterocycles. The van der Waals surface area contributed by atoms with Gasteiger partial charge in [-0.25, -0.2) is 9.18 Å². The van der Waals surface area contributed by atoms with E-state index in [0.717, 1.165) is 5.56 Å². The monoisotopic (exact) mass is 477 g/mol. The number of carbonyl (C=O) groups excluding carboxylic acids is 2. The van der Waals surface area contributed by atoms with E-state index in [2.05, 4.69) is 5.32 Å². The lowest BCUT2D eigenvalue weighted by Gasteiger charge is -2.36. The van der Waals surface area contributed by atoms with Crippen molar-refractivity contribution in [3.05, 3.63) is 94.8 Å². The molecule has 6 nitrogen and oxygen atoms in total. The van der Waals surface area contributed by atoms with Crippen molar-refractivity contribution >= 4 is 17.6 Å². The van der Waals surface area contributed by atoms with Gasteiger partial charge in [-0.2, -0.15) is 0 Å². The number of cyclic esters (lactones) is 1. The molecule has 1 amide bonds. The molecule has 0 aromatic heterocycles. The maximum Gasteiger partial charge on any atom is 0.338 e. The number of benzene rings is 3. The fourth-order valence-corrected chi connectivity index (χ4v) is 4.60. The Morgan fingerprint density at radius 2 is 1.86 bits per heavy atom. The van der Waals surface area contributed by atoms with E-state index in [1.165, 1.54) is 25.3 Å². The first-order chi connectivity index (χ1) is 16.6. The fourth-order valence-electron chi connectivity index (χ4n) is 4.60. The van der Waals surface area contributed by atoms with Crippen LogP contribution in [0.15, 0.2) is 66.7 Å². The summed E-state index contributed by atoms with van der Waals surface area (Å²) in [5.41, 5.74) is 0.361. The number of hydrogen-bond acceptors (Lipinski definition) is 5. The first-order valence-corrected chi connectivity index (χ1v) is 11.3. The van der Waals surface area contributed by atoms with Crippen molar-refractivity contribution in [3.8, 4) is 5.75 Å². The molecule has 3 aromatic carbocycles. The number of rotatable bonds is 8. The van der Waals surface area contributed by atoms with Crippen molar-refractivity contribution in [2.45, 2.75) is 44.3 Å². The number of anilines is 1. The molecule has 3 aromatic rings. The van der Waals surface area contributed by atoms with E-state index in [4.69, 9.17) is 9.47 Å². The lowest BCUT2D eigenvalue weighted by molar-refractivity contribution is -0.136. The van der Waals surface area contributed by atoms with Gasteiger partial charge in [-0.1, -0.05) is 44.2 Å². The Labute approximate surface area is 203 Å². The standard InChI is InChI=1S/C28H28FNO5/c1-27(2,20-7-5-4-6-8-20)17-28(33,15-18-13-21(29)9-12-24(18)34-3)26(32)30-22-10-11-23-19(14-22)16-35-25(23)31/h4-14,33H,15-17H2,1-3H3,(H,30,32). The minimum Gasteiger partial charge on any atom is -0.496 e. The second-order valence-electron chi connectivity index (χ2n) is 9.49. The van der Waals surface area contributed by atoms with Crippen molar-refractivity contribution in [1.82, 2.24) is 0 Å². The molecule has 0 bridgehead atoms. The first-order valence-electron chi connectivity index (χ1n) is 11.3. The number of fused-ring (bicyclic) bond motifs is 1. The number of nitrogens with one attached hydrogen (secondary N) is 1. The van der Waals surface area contributed by atoms with Crippen LogP contribution >= 0.6 is 0 Å². The Bertz CT molecular complexity index is 1260. The SMILES string of the molecule is COc1ccc(F)cc1CC(O)(CC(C)(C)c1ccccc1)C(=O)Nc1ccc2c(c1)COC2=O. The molecule has 1 aliphatic heterocycles. The van der Waals surface area contributed by atoms with E-state index in [1.807, 2.05) is 44.2 Å². The van der Waals surface area contributed by atoms with Crippen molar-refractivity contribution in [2.75, 3.05) is 12.4 Å². The number of ether oxygens (including phenoxy) is 2. The van der Waals surface area contributed by atoms with Gasteiger partial charge in [0.2, 0.25) is 0 Å². The molecule has 0 radical (unpaired) electrons. The van der Waals surface area contributed by atoms with Crippen molar-refractivity contribution in [1.29, 1.82) is 0 Å². The van der Waals surface area contributed by atoms with Gasteiger partial charge in [0, 0.05) is 23.2 Å². The summed E-state index contributed by atoms with van der Waals surface area (Å²) in [4.78, 5) is 25.4. The highest BCUT2D eigenvalue weighted by atomic mass is 19.1. The molecule has 1 aliphatic rings. The topological polar surface area (TPSA) is 84.9 Å². The van der Waals surface area contributed by atoms with Gasteiger partial charge in [0.25, 0.3) is 5.91 Å². The number of halogens is 1. The fraction of sp³-hybridized carbons (Fsp3) is 0.286. The molecule has 1 heterocycles. The van der Waals surface area contributed by atoms with Gasteiger partial charge in [0.15, 0.2) is 0 Å². The van der Waals surface area contributed by atoms with Gasteiger partial charge in [0.05, 0.1) is 12.7 Å². The van der Waals surface area contributed by atoms with Gasteiger partial charge < -0.3 is 19.9 Å². The van der Waals surface area contributed by atoms with Crippen LogP contribution in [0.25, 0.3) is 0 Å². The van der Waals surface area contributed by atoms with Crippen LogP contribution in [0.3, 0.4) is 0 Å². The largest absolute Gasteiger partial charge is 0.496 e. The highest BCUT2D eigenvalue weighted by Crippen LogP contribution is 2.37. The zero-order valence-electron chi connectivity index (χ0n) is 19.9. The molecule has 1 atom stereocenters. The number of amides is 1. The zero-order chi connectivity index (χ0) is 25.2. The second kappa shape index (κ2) is 9.50. The molecule has 0 aliphatic carbocycles. The van der Waals surface area contributed by atoms with Crippen LogP contribution in [-0.4, -0.2) is 29.7 Å². The molecular weight excluding hydrogens is 449 g/mol. The number of esters is 1. The number of methoxy groups -OCH3 is 1. The van der Waals surface area contributed by atoms with E-state index < -0.39 is 28.7 Å². The molecular formula is C28H28FNO5. The maximum atomic E-state index is 14.1. The van der Waals surface area contributed by atoms with E-state index in [0.29, 0.717) is 28.1 Å². The summed E-state index contributed by atoms with van der Waals surface area (Å²) in [5.74, 6) is -1.16. The Kier molecular flexibility index (Phi) is 6.63. The third-order valence-corrected chi connectivity index (χ3v) is 6.38. The van der Waals surface area contributed by atoms with E-state index in [-0.39, 0.29) is 19.4 Å². The highest BCUT2D eigenvalue weighted by molar-refractivity contribution is 5.99. The number of hydrogen-bond donors (Lipinski definition) is 2. The Balaban J connectivity index is 1.68. The minimum atomic E-state index is -1.91. The quantitative estimate of drug-likeness (QED) is 0.456. The Morgan fingerprint density at radius 1 is 1.11 bits per heavy atom. The molecule has 0 saturated carbocycles. The third-order valence-electron chi connectivity index (χ3n) is 6.38. The van der Waals surface area contributed by atoms with Gasteiger partial charge in [-0.15, -0.1) is 0 Å². The van der Waals surface area contributed by atoms with Gasteiger partial charge in [0.1, 0.15) is 23.8 Å². The van der Waals surface area contributed by atoms with Crippen molar-refractivity contribution < 1.29 is 28.6 Å². The Hall–Kier alpha value is -3.71. The Morgan fingerprint density at radius 3 is 2.57 bits per heavy atom. The summed E-state index contributed by atoms with van der Waals surface area (Å²) in [6, 6.07) is 18.4. The number of carbonyl (C=O) groups is 2. The summed E-state index contributed by atoms with van der Waals surface area (Å²) in [6.45, 7) is 4.02. The van der Waals surface area contributed by atoms with Crippen LogP contribution in [0.1, 0.15) is 47.3 Å². The molecule has 35 heavy (non-hydrogen) atoms. The lowest BCUT2D eigenvalue weighted by Crippen LogP contribution is -2.49. The average Bonchev–Trinajstić information content (AvgIpc) is 3.19. The molecule has 1 unspecified atom stereocenters. The predicted octanol–water partition coefficient (Wildman–Crippen LogP) is 4.78. The van der Waals surface area contributed by atoms with Gasteiger partial charge in [-0.3, -0.25) is 4.79 Å². The van der Waals surface area contributed by atoms with Crippen LogP contribution in [0.5, 0.6) is 5.75 Å². The molecule has 7 heteroatoms. The molecule has 0 fully saturated rings. The minimum absolute atomic E-state index is 0.0576. The van der Waals surface area contributed by atoms with Crippen LogP contribution < -0.4 is 10.1 Å². The highest BCUT2D eigenvalue weighted by Gasteiger charge is 2.42.